The van der Waals surface area contributed by atoms with Crippen molar-refractivity contribution in [2.75, 3.05) is 7.11 Å². The third-order valence-electron chi connectivity index (χ3n) is 3.55. The van der Waals surface area contributed by atoms with Crippen LogP contribution in [0, 0.1) is 0 Å². The molecule has 1 unspecified atom stereocenters. The van der Waals surface area contributed by atoms with Crippen LogP contribution in [0.1, 0.15) is 22.8 Å². The highest BCUT2D eigenvalue weighted by Gasteiger charge is 2.19. The Bertz CT molecular complexity index is 742. The molecule has 0 saturated carbocycles. The van der Waals surface area contributed by atoms with Gasteiger partial charge in [0.1, 0.15) is 11.5 Å². The average Bonchev–Trinajstić information content (AvgIpc) is 2.62. The summed E-state index contributed by atoms with van der Waals surface area (Å²) in [5.41, 5.74) is 0.959. The SMILES string of the molecule is COc1ccc(C(=O)C(C)OC(=O)Cc2ccc(OC(F)F)cc2)cc1. The molecule has 0 spiro atoms. The molecular formula is C19H18F2O5. The van der Waals surface area contributed by atoms with E-state index in [0.29, 0.717) is 16.9 Å². The van der Waals surface area contributed by atoms with Crippen molar-refractivity contribution in [3.05, 3.63) is 59.7 Å². The van der Waals surface area contributed by atoms with Gasteiger partial charge in [0.15, 0.2) is 6.10 Å². The first-order valence-electron chi connectivity index (χ1n) is 7.80. The fourth-order valence-corrected chi connectivity index (χ4v) is 2.24. The maximum absolute atomic E-state index is 12.3. The summed E-state index contributed by atoms with van der Waals surface area (Å²) in [7, 11) is 1.52. The first-order chi connectivity index (χ1) is 12.4. The zero-order chi connectivity index (χ0) is 19.1. The van der Waals surface area contributed by atoms with Gasteiger partial charge in [-0.15, -0.1) is 0 Å². The number of methoxy groups -OCH3 is 1. The Morgan fingerprint density at radius 3 is 2.08 bits per heavy atom. The molecule has 0 N–H and O–H groups in total. The number of carbonyl (C=O) groups excluding carboxylic acids is 2. The van der Waals surface area contributed by atoms with Gasteiger partial charge in [-0.05, 0) is 48.9 Å². The van der Waals surface area contributed by atoms with Crippen LogP contribution >= 0.6 is 0 Å². The Morgan fingerprint density at radius 1 is 0.962 bits per heavy atom. The molecule has 0 amide bonds. The van der Waals surface area contributed by atoms with Gasteiger partial charge >= 0.3 is 12.6 Å². The zero-order valence-corrected chi connectivity index (χ0v) is 14.3. The summed E-state index contributed by atoms with van der Waals surface area (Å²) in [6.07, 6.45) is -1.04. The summed E-state index contributed by atoms with van der Waals surface area (Å²) in [5, 5.41) is 0. The lowest BCUT2D eigenvalue weighted by Crippen LogP contribution is -2.25. The third kappa shape index (κ3) is 5.54. The molecule has 138 valence electrons. The standard InChI is InChI=1S/C19H18F2O5/c1-12(18(23)14-5-9-15(24-2)10-6-14)25-17(22)11-13-3-7-16(8-4-13)26-19(20)21/h3-10,12,19H,11H2,1-2H3. The molecule has 2 aromatic rings. The van der Waals surface area contributed by atoms with Gasteiger partial charge in [0.2, 0.25) is 5.78 Å². The maximum atomic E-state index is 12.3. The van der Waals surface area contributed by atoms with Crippen molar-refractivity contribution in [3.63, 3.8) is 0 Å². The summed E-state index contributed by atoms with van der Waals surface area (Å²) in [6, 6.07) is 12.1. The monoisotopic (exact) mass is 364 g/mol. The van der Waals surface area contributed by atoms with E-state index in [9.17, 15) is 18.4 Å². The van der Waals surface area contributed by atoms with Crippen LogP contribution in [0.15, 0.2) is 48.5 Å². The number of ether oxygens (including phenoxy) is 3. The topological polar surface area (TPSA) is 61.8 Å². The van der Waals surface area contributed by atoms with Crippen molar-refractivity contribution < 1.29 is 32.6 Å². The Kier molecular flexibility index (Phi) is 6.66. The highest BCUT2D eigenvalue weighted by molar-refractivity contribution is 6.00. The minimum atomic E-state index is -2.91. The molecule has 0 bridgehead atoms. The highest BCUT2D eigenvalue weighted by Crippen LogP contribution is 2.17. The summed E-state index contributed by atoms with van der Waals surface area (Å²) in [5.74, 6) is -0.311. The normalized spacial score (nSPS) is 11.7. The molecule has 2 aromatic carbocycles. The predicted molar refractivity (Wildman–Crippen MR) is 89.7 cm³/mol. The second-order valence-corrected chi connectivity index (χ2v) is 5.42. The lowest BCUT2D eigenvalue weighted by Gasteiger charge is -2.13. The largest absolute Gasteiger partial charge is 0.497 e. The zero-order valence-electron chi connectivity index (χ0n) is 14.3. The molecule has 1 atom stereocenters. The molecule has 0 fully saturated rings. The van der Waals surface area contributed by atoms with E-state index in [-0.39, 0.29) is 18.0 Å². The molecule has 5 nitrogen and oxygen atoms in total. The van der Waals surface area contributed by atoms with Gasteiger partial charge in [-0.1, -0.05) is 12.1 Å². The third-order valence-corrected chi connectivity index (χ3v) is 3.55. The number of benzene rings is 2. The van der Waals surface area contributed by atoms with Crippen LogP contribution in [-0.4, -0.2) is 31.6 Å². The number of rotatable bonds is 8. The number of ketones is 1. The Hall–Kier alpha value is -2.96. The van der Waals surface area contributed by atoms with Crippen LogP contribution in [-0.2, 0) is 16.0 Å². The quantitative estimate of drug-likeness (QED) is 0.528. The van der Waals surface area contributed by atoms with E-state index < -0.39 is 18.7 Å². The van der Waals surface area contributed by atoms with Gasteiger partial charge < -0.3 is 14.2 Å². The van der Waals surface area contributed by atoms with Crippen LogP contribution in [0.25, 0.3) is 0 Å². The van der Waals surface area contributed by atoms with Crippen molar-refractivity contribution in [1.82, 2.24) is 0 Å². The number of hydrogen-bond acceptors (Lipinski definition) is 5. The average molecular weight is 364 g/mol. The summed E-state index contributed by atoms with van der Waals surface area (Å²) in [6.45, 7) is -1.42. The van der Waals surface area contributed by atoms with Gasteiger partial charge in [-0.3, -0.25) is 9.59 Å². The molecule has 0 radical (unpaired) electrons. The van der Waals surface area contributed by atoms with E-state index in [4.69, 9.17) is 9.47 Å². The number of carbonyl (C=O) groups is 2. The van der Waals surface area contributed by atoms with E-state index >= 15 is 0 Å². The minimum absolute atomic E-state index is 0.000156. The number of halogens is 2. The van der Waals surface area contributed by atoms with Crippen LogP contribution < -0.4 is 9.47 Å². The molecular weight excluding hydrogens is 346 g/mol. The predicted octanol–water partition coefficient (Wildman–Crippen LogP) is 3.65. The number of alkyl halides is 2. The van der Waals surface area contributed by atoms with E-state index in [1.165, 1.54) is 38.3 Å². The smallest absolute Gasteiger partial charge is 0.387 e. The molecule has 0 aliphatic heterocycles. The first-order valence-corrected chi connectivity index (χ1v) is 7.80. The Morgan fingerprint density at radius 2 is 1.54 bits per heavy atom. The molecule has 0 aliphatic rings. The van der Waals surface area contributed by atoms with Gasteiger partial charge in [-0.25, -0.2) is 0 Å². The fourth-order valence-electron chi connectivity index (χ4n) is 2.24. The lowest BCUT2D eigenvalue weighted by molar-refractivity contribution is -0.145. The molecule has 7 heteroatoms. The van der Waals surface area contributed by atoms with Gasteiger partial charge in [0.25, 0.3) is 0 Å². The fraction of sp³-hybridized carbons (Fsp3) is 0.263. The Labute approximate surface area is 149 Å². The van der Waals surface area contributed by atoms with Crippen molar-refractivity contribution in [3.8, 4) is 11.5 Å². The van der Waals surface area contributed by atoms with Crippen molar-refractivity contribution in [1.29, 1.82) is 0 Å². The van der Waals surface area contributed by atoms with Crippen molar-refractivity contribution in [2.24, 2.45) is 0 Å². The summed E-state index contributed by atoms with van der Waals surface area (Å²) >= 11 is 0. The van der Waals surface area contributed by atoms with E-state index in [0.717, 1.165) is 0 Å². The van der Waals surface area contributed by atoms with Gasteiger partial charge in [0, 0.05) is 5.56 Å². The molecule has 0 aromatic heterocycles. The maximum Gasteiger partial charge on any atom is 0.387 e. The van der Waals surface area contributed by atoms with Gasteiger partial charge in [-0.2, -0.15) is 8.78 Å². The Balaban J connectivity index is 1.90. The first kappa shape index (κ1) is 19.4. The van der Waals surface area contributed by atoms with E-state index in [2.05, 4.69) is 4.74 Å². The van der Waals surface area contributed by atoms with Crippen LogP contribution in [0.4, 0.5) is 8.78 Å². The summed E-state index contributed by atoms with van der Waals surface area (Å²) < 4.78 is 38.6. The van der Waals surface area contributed by atoms with Crippen LogP contribution in [0.2, 0.25) is 0 Å². The van der Waals surface area contributed by atoms with Crippen molar-refractivity contribution >= 4 is 11.8 Å². The highest BCUT2D eigenvalue weighted by atomic mass is 19.3. The second-order valence-electron chi connectivity index (χ2n) is 5.42. The van der Waals surface area contributed by atoms with Gasteiger partial charge in [0.05, 0.1) is 13.5 Å². The number of esters is 1. The minimum Gasteiger partial charge on any atom is -0.497 e. The second kappa shape index (κ2) is 8.94. The molecule has 0 saturated heterocycles. The number of Topliss-reactive ketones (excluding diaryl/α,β-unsaturated/α-hetero) is 1. The van der Waals surface area contributed by atoms with Crippen LogP contribution in [0.5, 0.6) is 11.5 Å². The molecule has 0 heterocycles. The summed E-state index contributed by atoms with van der Waals surface area (Å²) in [4.78, 5) is 24.3. The van der Waals surface area contributed by atoms with E-state index in [1.807, 2.05) is 0 Å². The lowest BCUT2D eigenvalue weighted by atomic mass is 10.1. The molecule has 26 heavy (non-hydrogen) atoms. The molecule has 2 rings (SSSR count). The number of hydrogen-bond donors (Lipinski definition) is 0. The van der Waals surface area contributed by atoms with Crippen molar-refractivity contribution in [2.45, 2.75) is 26.1 Å². The van der Waals surface area contributed by atoms with E-state index in [1.54, 1.807) is 24.3 Å². The van der Waals surface area contributed by atoms with Crippen LogP contribution in [0.3, 0.4) is 0 Å². The molecule has 0 aliphatic carbocycles.